The molecule has 2 aromatic carbocycles. The van der Waals surface area contributed by atoms with Gasteiger partial charge < -0.3 is 20.9 Å². The zero-order chi connectivity index (χ0) is 23.0. The van der Waals surface area contributed by atoms with Crippen molar-refractivity contribution in [3.05, 3.63) is 77.4 Å². The lowest BCUT2D eigenvalue weighted by Crippen LogP contribution is -2.51. The molecule has 4 N–H and O–H groups in total. The number of nitrogens with two attached hydrogens (primary N) is 2. The number of nitrogens with zero attached hydrogens (tertiary/aromatic N) is 4. The highest BCUT2D eigenvalue weighted by atomic mass is 19.1. The van der Waals surface area contributed by atoms with Crippen molar-refractivity contribution in [1.82, 2.24) is 15.0 Å². The molecule has 0 unspecified atom stereocenters. The molecule has 33 heavy (non-hydrogen) atoms. The molecule has 2 heterocycles. The van der Waals surface area contributed by atoms with Gasteiger partial charge in [0.05, 0.1) is 6.54 Å². The van der Waals surface area contributed by atoms with Crippen LogP contribution in [0.2, 0.25) is 0 Å². The summed E-state index contributed by atoms with van der Waals surface area (Å²) in [7, 11) is 0. The van der Waals surface area contributed by atoms with Crippen LogP contribution >= 0.6 is 0 Å². The zero-order valence-corrected chi connectivity index (χ0v) is 18.8. The number of halogens is 1. The van der Waals surface area contributed by atoms with Gasteiger partial charge in [0.2, 0.25) is 0 Å². The van der Waals surface area contributed by atoms with E-state index in [0.717, 1.165) is 55.3 Å². The van der Waals surface area contributed by atoms with E-state index in [2.05, 4.69) is 19.9 Å². The van der Waals surface area contributed by atoms with Crippen LogP contribution in [0.3, 0.4) is 0 Å². The predicted molar refractivity (Wildman–Crippen MR) is 128 cm³/mol. The van der Waals surface area contributed by atoms with Crippen molar-refractivity contribution < 1.29 is 8.91 Å². The van der Waals surface area contributed by atoms with Crippen LogP contribution in [0, 0.1) is 5.82 Å². The van der Waals surface area contributed by atoms with Crippen molar-refractivity contribution in [2.24, 2.45) is 16.5 Å². The number of aryl methyl sites for hydroxylation is 2. The Labute approximate surface area is 193 Å². The van der Waals surface area contributed by atoms with Crippen LogP contribution in [0.4, 0.5) is 4.39 Å². The van der Waals surface area contributed by atoms with Gasteiger partial charge in [-0.15, -0.1) is 0 Å². The fourth-order valence-corrected chi connectivity index (χ4v) is 4.03. The van der Waals surface area contributed by atoms with Gasteiger partial charge in [0, 0.05) is 57.3 Å². The van der Waals surface area contributed by atoms with Crippen LogP contribution in [-0.4, -0.2) is 60.2 Å². The molecule has 0 atom stereocenters. The number of piperazine rings is 1. The maximum Gasteiger partial charge on any atom is 0.191 e. The molecule has 0 saturated carbocycles. The van der Waals surface area contributed by atoms with Gasteiger partial charge in [0.1, 0.15) is 17.3 Å². The molecule has 0 bridgehead atoms. The van der Waals surface area contributed by atoms with Gasteiger partial charge >= 0.3 is 0 Å². The Hall–Kier alpha value is -3.23. The molecular formula is C25H31FN6O. The van der Waals surface area contributed by atoms with Crippen molar-refractivity contribution in [2.75, 3.05) is 39.3 Å². The topological polar surface area (TPSA) is 96.9 Å². The van der Waals surface area contributed by atoms with E-state index in [1.807, 2.05) is 48.5 Å². The summed E-state index contributed by atoms with van der Waals surface area (Å²) in [6.07, 6.45) is 1.30. The highest BCUT2D eigenvalue weighted by molar-refractivity contribution is 5.78. The summed E-state index contributed by atoms with van der Waals surface area (Å²) < 4.78 is 20.0. The standard InChI is InChI=1S/C25H31FN6O/c26-24-16-19(7-9-23(24)20-4-2-1-3-5-20)6-8-22-17-21(30-33-22)18-29-25(28)32-14-12-31(11-10-27)13-15-32/h1-5,7,9,16-17H,6,8,10-15,18,27H2,(H2,28,29). The maximum atomic E-state index is 14.6. The van der Waals surface area contributed by atoms with Gasteiger partial charge in [0.25, 0.3) is 0 Å². The van der Waals surface area contributed by atoms with Crippen molar-refractivity contribution in [2.45, 2.75) is 19.4 Å². The molecule has 1 aliphatic rings. The van der Waals surface area contributed by atoms with Crippen LogP contribution in [0.15, 0.2) is 64.1 Å². The summed E-state index contributed by atoms with van der Waals surface area (Å²) in [6, 6.07) is 16.8. The van der Waals surface area contributed by atoms with Crippen molar-refractivity contribution in [1.29, 1.82) is 0 Å². The molecule has 3 aromatic rings. The summed E-state index contributed by atoms with van der Waals surface area (Å²) >= 11 is 0. The first-order valence-electron chi connectivity index (χ1n) is 11.4. The van der Waals surface area contributed by atoms with E-state index >= 15 is 0 Å². The molecule has 4 rings (SSSR count). The smallest absolute Gasteiger partial charge is 0.191 e. The fourth-order valence-electron chi connectivity index (χ4n) is 4.03. The van der Waals surface area contributed by atoms with Crippen LogP contribution in [-0.2, 0) is 19.4 Å². The third-order valence-corrected chi connectivity index (χ3v) is 5.93. The second-order valence-electron chi connectivity index (χ2n) is 8.26. The Morgan fingerprint density at radius 3 is 2.55 bits per heavy atom. The Morgan fingerprint density at radius 2 is 1.82 bits per heavy atom. The molecule has 174 valence electrons. The molecule has 0 aliphatic carbocycles. The first-order valence-corrected chi connectivity index (χ1v) is 11.4. The monoisotopic (exact) mass is 450 g/mol. The van der Waals surface area contributed by atoms with Gasteiger partial charge in [-0.1, -0.05) is 47.6 Å². The van der Waals surface area contributed by atoms with E-state index in [-0.39, 0.29) is 5.82 Å². The average molecular weight is 451 g/mol. The van der Waals surface area contributed by atoms with E-state index in [0.29, 0.717) is 37.5 Å². The number of aliphatic imine (C=N–C) groups is 1. The zero-order valence-electron chi connectivity index (χ0n) is 18.8. The van der Waals surface area contributed by atoms with Gasteiger partial charge in [-0.25, -0.2) is 9.38 Å². The van der Waals surface area contributed by atoms with Gasteiger partial charge in [-0.3, -0.25) is 4.90 Å². The quantitative estimate of drug-likeness (QED) is 0.405. The molecule has 7 nitrogen and oxygen atoms in total. The van der Waals surface area contributed by atoms with E-state index < -0.39 is 0 Å². The lowest BCUT2D eigenvalue weighted by Gasteiger charge is -2.35. The van der Waals surface area contributed by atoms with E-state index in [4.69, 9.17) is 16.0 Å². The molecular weight excluding hydrogens is 419 g/mol. The Bertz CT molecular complexity index is 1060. The van der Waals surface area contributed by atoms with Crippen molar-refractivity contribution in [3.63, 3.8) is 0 Å². The van der Waals surface area contributed by atoms with E-state index in [1.165, 1.54) is 0 Å². The number of hydrogen-bond acceptors (Lipinski definition) is 5. The lowest BCUT2D eigenvalue weighted by atomic mass is 10.0. The third-order valence-electron chi connectivity index (χ3n) is 5.93. The molecule has 1 saturated heterocycles. The van der Waals surface area contributed by atoms with Crippen molar-refractivity contribution in [3.8, 4) is 11.1 Å². The highest BCUT2D eigenvalue weighted by Gasteiger charge is 2.17. The van der Waals surface area contributed by atoms with Crippen LogP contribution in [0.5, 0.6) is 0 Å². The van der Waals surface area contributed by atoms with E-state index in [9.17, 15) is 4.39 Å². The highest BCUT2D eigenvalue weighted by Crippen LogP contribution is 2.24. The minimum atomic E-state index is -0.217. The average Bonchev–Trinajstić information content (AvgIpc) is 3.30. The van der Waals surface area contributed by atoms with Crippen LogP contribution < -0.4 is 11.5 Å². The Balaban J connectivity index is 1.28. The maximum absolute atomic E-state index is 14.6. The number of hydrogen-bond donors (Lipinski definition) is 2. The molecule has 1 aliphatic heterocycles. The molecule has 8 heteroatoms. The minimum absolute atomic E-state index is 0.217. The minimum Gasteiger partial charge on any atom is -0.370 e. The number of guanidine groups is 1. The Kier molecular flexibility index (Phi) is 7.70. The summed E-state index contributed by atoms with van der Waals surface area (Å²) in [5.74, 6) is 1.06. The first kappa shape index (κ1) is 22.9. The van der Waals surface area contributed by atoms with Gasteiger partial charge in [-0.05, 0) is 23.6 Å². The predicted octanol–water partition coefficient (Wildman–Crippen LogP) is 2.66. The summed E-state index contributed by atoms with van der Waals surface area (Å²) in [6.45, 7) is 5.53. The fraction of sp³-hybridized carbons (Fsp3) is 0.360. The summed E-state index contributed by atoms with van der Waals surface area (Å²) in [5, 5.41) is 4.10. The molecule has 1 aromatic heterocycles. The molecule has 0 spiro atoms. The summed E-state index contributed by atoms with van der Waals surface area (Å²) in [4.78, 5) is 8.89. The number of benzene rings is 2. The first-order chi connectivity index (χ1) is 16.1. The largest absolute Gasteiger partial charge is 0.370 e. The lowest BCUT2D eigenvalue weighted by molar-refractivity contribution is 0.185. The summed E-state index contributed by atoms with van der Waals surface area (Å²) in [5.41, 5.74) is 14.9. The second-order valence-corrected chi connectivity index (χ2v) is 8.26. The number of aromatic nitrogens is 1. The van der Waals surface area contributed by atoms with E-state index in [1.54, 1.807) is 6.07 Å². The third kappa shape index (κ3) is 6.18. The molecule has 0 amide bonds. The molecule has 0 radical (unpaired) electrons. The van der Waals surface area contributed by atoms with Gasteiger partial charge in [-0.2, -0.15) is 0 Å². The SMILES string of the molecule is NCCN1CCN(C(N)=NCc2cc(CCc3ccc(-c4ccccc4)c(F)c3)on2)CC1. The normalized spacial score (nSPS) is 15.2. The van der Waals surface area contributed by atoms with Crippen molar-refractivity contribution >= 4 is 5.96 Å². The number of rotatable bonds is 8. The second kappa shape index (κ2) is 11.1. The molecule has 1 fully saturated rings. The van der Waals surface area contributed by atoms with Gasteiger partial charge in [0.15, 0.2) is 5.96 Å². The van der Waals surface area contributed by atoms with Crippen LogP contribution in [0.25, 0.3) is 11.1 Å². The van der Waals surface area contributed by atoms with Crippen LogP contribution in [0.1, 0.15) is 17.0 Å². The Morgan fingerprint density at radius 1 is 1.03 bits per heavy atom.